The van der Waals surface area contributed by atoms with Gasteiger partial charge < -0.3 is 30.4 Å². The lowest BCUT2D eigenvalue weighted by atomic mass is 10.1. The minimum atomic E-state index is -1.12. The first-order valence-corrected chi connectivity index (χ1v) is 10.8. The summed E-state index contributed by atoms with van der Waals surface area (Å²) in [6.45, 7) is 0.302. The van der Waals surface area contributed by atoms with Gasteiger partial charge in [0.15, 0.2) is 11.5 Å². The van der Waals surface area contributed by atoms with Crippen LogP contribution in [0, 0.1) is 0 Å². The standard InChI is InChI=1S/C26H26N4O5/c1-33-22-11-7-5-9-17(22)20-14-25(30(29-20)21-10-6-4-8-16(21)15-27)28-19-13-24(35-3)23(34-2)12-18(19)26(31)32/h4-14,28H,15,27H2,1-3H3,(H,31,32). The first kappa shape index (κ1) is 23.7. The monoisotopic (exact) mass is 474 g/mol. The number of nitrogens with zero attached hydrogens (tertiary/aromatic N) is 2. The summed E-state index contributed by atoms with van der Waals surface area (Å²) in [7, 11) is 4.54. The highest BCUT2D eigenvalue weighted by Crippen LogP contribution is 2.37. The van der Waals surface area contributed by atoms with Crippen molar-refractivity contribution in [3.63, 3.8) is 0 Å². The van der Waals surface area contributed by atoms with E-state index in [-0.39, 0.29) is 5.56 Å². The SMILES string of the molecule is COc1cc(Nc2cc(-c3ccccc3OC)nn2-c2ccccc2CN)c(C(=O)O)cc1OC. The highest BCUT2D eigenvalue weighted by molar-refractivity contribution is 5.96. The van der Waals surface area contributed by atoms with Gasteiger partial charge >= 0.3 is 5.97 Å². The Bertz CT molecular complexity index is 1370. The number of aromatic nitrogens is 2. The Morgan fingerprint density at radius 1 is 0.943 bits per heavy atom. The van der Waals surface area contributed by atoms with E-state index in [1.807, 2.05) is 54.6 Å². The number of benzene rings is 3. The van der Waals surface area contributed by atoms with Crippen LogP contribution in [0.5, 0.6) is 17.2 Å². The molecule has 9 nitrogen and oxygen atoms in total. The number of para-hydroxylation sites is 2. The minimum Gasteiger partial charge on any atom is -0.496 e. The zero-order chi connectivity index (χ0) is 24.9. The van der Waals surface area contributed by atoms with Gasteiger partial charge in [0.25, 0.3) is 0 Å². The largest absolute Gasteiger partial charge is 0.496 e. The fourth-order valence-corrected chi connectivity index (χ4v) is 3.83. The quantitative estimate of drug-likeness (QED) is 0.325. The highest BCUT2D eigenvalue weighted by atomic mass is 16.5. The van der Waals surface area contributed by atoms with Crippen LogP contribution >= 0.6 is 0 Å². The molecule has 35 heavy (non-hydrogen) atoms. The number of carboxylic acid groups (broad SMARTS) is 1. The second kappa shape index (κ2) is 10.2. The van der Waals surface area contributed by atoms with Crippen LogP contribution in [0.3, 0.4) is 0 Å². The maximum atomic E-state index is 12.1. The van der Waals surface area contributed by atoms with Gasteiger partial charge in [-0.1, -0.05) is 30.3 Å². The van der Waals surface area contributed by atoms with Gasteiger partial charge in [-0.2, -0.15) is 5.10 Å². The topological polar surface area (TPSA) is 121 Å². The smallest absolute Gasteiger partial charge is 0.337 e. The second-order valence-electron chi connectivity index (χ2n) is 7.54. The van der Waals surface area contributed by atoms with Gasteiger partial charge in [-0.05, 0) is 23.8 Å². The fraction of sp³-hybridized carbons (Fsp3) is 0.154. The summed E-state index contributed by atoms with van der Waals surface area (Å²) in [5, 5.41) is 17.9. The van der Waals surface area contributed by atoms with Crippen molar-refractivity contribution < 1.29 is 24.1 Å². The predicted octanol–water partition coefficient (Wildman–Crippen LogP) is 4.47. The molecule has 0 amide bonds. The number of anilines is 2. The average molecular weight is 475 g/mol. The second-order valence-corrected chi connectivity index (χ2v) is 7.54. The molecule has 9 heteroatoms. The summed E-state index contributed by atoms with van der Waals surface area (Å²) in [6, 6.07) is 20.0. The lowest BCUT2D eigenvalue weighted by Gasteiger charge is -2.16. The van der Waals surface area contributed by atoms with Crippen molar-refractivity contribution in [1.29, 1.82) is 0 Å². The lowest BCUT2D eigenvalue weighted by Crippen LogP contribution is -2.10. The van der Waals surface area contributed by atoms with Crippen LogP contribution in [0.2, 0.25) is 0 Å². The lowest BCUT2D eigenvalue weighted by molar-refractivity contribution is 0.0697. The van der Waals surface area contributed by atoms with Crippen LogP contribution in [0.25, 0.3) is 16.9 Å². The number of nitrogens with two attached hydrogens (primary N) is 1. The third-order valence-electron chi connectivity index (χ3n) is 5.55. The molecule has 4 N–H and O–H groups in total. The van der Waals surface area contributed by atoms with E-state index in [4.69, 9.17) is 25.0 Å². The maximum Gasteiger partial charge on any atom is 0.337 e. The summed E-state index contributed by atoms with van der Waals surface area (Å²) in [4.78, 5) is 12.1. The third-order valence-corrected chi connectivity index (χ3v) is 5.55. The van der Waals surface area contributed by atoms with Gasteiger partial charge in [0, 0.05) is 30.3 Å². The van der Waals surface area contributed by atoms with Crippen molar-refractivity contribution in [2.24, 2.45) is 5.73 Å². The molecule has 0 aliphatic carbocycles. The molecule has 1 aromatic heterocycles. The van der Waals surface area contributed by atoms with E-state index in [1.54, 1.807) is 17.9 Å². The number of ether oxygens (including phenoxy) is 3. The number of carbonyl (C=O) groups is 1. The Kier molecular flexibility index (Phi) is 6.88. The van der Waals surface area contributed by atoms with Crippen molar-refractivity contribution >= 4 is 17.5 Å². The van der Waals surface area contributed by atoms with Gasteiger partial charge in [0.1, 0.15) is 11.6 Å². The summed E-state index contributed by atoms with van der Waals surface area (Å²) in [5.74, 6) is 0.770. The molecule has 0 saturated heterocycles. The molecule has 1 heterocycles. The van der Waals surface area contributed by atoms with Crippen molar-refractivity contribution in [1.82, 2.24) is 9.78 Å². The van der Waals surface area contributed by atoms with E-state index in [1.165, 1.54) is 20.3 Å². The molecular weight excluding hydrogens is 448 g/mol. The molecule has 0 bridgehead atoms. The van der Waals surface area contributed by atoms with Crippen molar-refractivity contribution in [3.8, 4) is 34.2 Å². The number of aromatic carboxylic acids is 1. The van der Waals surface area contributed by atoms with E-state index in [9.17, 15) is 9.90 Å². The Hall–Kier alpha value is -4.50. The number of carboxylic acids is 1. The molecule has 0 saturated carbocycles. The zero-order valence-electron chi connectivity index (χ0n) is 19.6. The zero-order valence-corrected chi connectivity index (χ0v) is 19.6. The van der Waals surface area contributed by atoms with Gasteiger partial charge in [0.05, 0.1) is 44.0 Å². The summed E-state index contributed by atoms with van der Waals surface area (Å²) < 4.78 is 17.9. The number of hydrogen-bond acceptors (Lipinski definition) is 7. The van der Waals surface area contributed by atoms with Crippen LogP contribution < -0.4 is 25.3 Å². The van der Waals surface area contributed by atoms with E-state index in [0.29, 0.717) is 41.0 Å². The summed E-state index contributed by atoms with van der Waals surface area (Å²) in [5.41, 5.74) is 9.38. The van der Waals surface area contributed by atoms with Gasteiger partial charge in [-0.15, -0.1) is 0 Å². The predicted molar refractivity (Wildman–Crippen MR) is 133 cm³/mol. The Labute approximate surface area is 202 Å². The number of methoxy groups -OCH3 is 3. The highest BCUT2D eigenvalue weighted by Gasteiger charge is 2.20. The van der Waals surface area contributed by atoms with E-state index >= 15 is 0 Å². The molecule has 0 aliphatic heterocycles. The van der Waals surface area contributed by atoms with E-state index < -0.39 is 5.97 Å². The van der Waals surface area contributed by atoms with E-state index in [2.05, 4.69) is 5.32 Å². The van der Waals surface area contributed by atoms with Gasteiger partial charge in [-0.3, -0.25) is 0 Å². The molecule has 3 aromatic carbocycles. The van der Waals surface area contributed by atoms with Crippen LogP contribution in [0.4, 0.5) is 11.5 Å². The first-order chi connectivity index (χ1) is 17.0. The molecule has 0 spiro atoms. The first-order valence-electron chi connectivity index (χ1n) is 10.8. The van der Waals surface area contributed by atoms with Gasteiger partial charge in [0.2, 0.25) is 0 Å². The molecule has 0 radical (unpaired) electrons. The average Bonchev–Trinajstić information content (AvgIpc) is 3.31. The Morgan fingerprint density at radius 3 is 2.29 bits per heavy atom. The number of hydrogen-bond donors (Lipinski definition) is 3. The van der Waals surface area contributed by atoms with Crippen molar-refractivity contribution in [3.05, 3.63) is 77.9 Å². The molecule has 4 aromatic rings. The summed E-state index contributed by atoms with van der Waals surface area (Å²) >= 11 is 0. The number of rotatable bonds is 9. The fourth-order valence-electron chi connectivity index (χ4n) is 3.83. The molecular formula is C26H26N4O5. The minimum absolute atomic E-state index is 0.0151. The van der Waals surface area contributed by atoms with E-state index in [0.717, 1.165) is 16.8 Å². The Morgan fingerprint density at radius 2 is 1.60 bits per heavy atom. The van der Waals surface area contributed by atoms with Crippen molar-refractivity contribution in [2.75, 3.05) is 26.6 Å². The van der Waals surface area contributed by atoms with Gasteiger partial charge in [-0.25, -0.2) is 9.48 Å². The molecule has 0 fully saturated rings. The molecule has 0 atom stereocenters. The molecule has 180 valence electrons. The van der Waals surface area contributed by atoms with Crippen LogP contribution in [0.15, 0.2) is 66.7 Å². The molecule has 0 unspecified atom stereocenters. The summed E-state index contributed by atoms with van der Waals surface area (Å²) in [6.07, 6.45) is 0. The number of nitrogens with one attached hydrogen (secondary N) is 1. The molecule has 0 aliphatic rings. The third kappa shape index (κ3) is 4.62. The van der Waals surface area contributed by atoms with Crippen LogP contribution in [-0.4, -0.2) is 42.2 Å². The maximum absolute atomic E-state index is 12.1. The van der Waals surface area contributed by atoms with Crippen molar-refractivity contribution in [2.45, 2.75) is 6.54 Å². The normalized spacial score (nSPS) is 10.6. The van der Waals surface area contributed by atoms with Crippen LogP contribution in [0.1, 0.15) is 15.9 Å². The molecule has 4 rings (SSSR count). The van der Waals surface area contributed by atoms with Crippen LogP contribution in [-0.2, 0) is 6.54 Å². The Balaban J connectivity index is 1.92.